The van der Waals surface area contributed by atoms with Gasteiger partial charge in [0.2, 0.25) is 0 Å². The number of nitrogens with zero attached hydrogens (tertiary/aromatic N) is 2. The first-order valence-electron chi connectivity index (χ1n) is 10.2. The van der Waals surface area contributed by atoms with E-state index in [1.165, 1.54) is 0 Å². The number of fused-ring (bicyclic) bond motifs is 2. The molecule has 0 radical (unpaired) electrons. The zero-order valence-corrected chi connectivity index (χ0v) is 17.3. The van der Waals surface area contributed by atoms with Crippen molar-refractivity contribution in [3.63, 3.8) is 0 Å². The van der Waals surface area contributed by atoms with Crippen molar-refractivity contribution in [1.82, 2.24) is 4.98 Å². The third kappa shape index (κ3) is 3.55. The van der Waals surface area contributed by atoms with Crippen LogP contribution < -0.4 is 20.1 Å². The van der Waals surface area contributed by atoms with Gasteiger partial charge in [0.1, 0.15) is 6.61 Å². The summed E-state index contributed by atoms with van der Waals surface area (Å²) in [6, 6.07) is 20.2. The Balaban J connectivity index is 1.53. The molecule has 5 heteroatoms. The predicted octanol–water partition coefficient (Wildman–Crippen LogP) is 5.40. The Kier molecular flexibility index (Phi) is 4.92. The summed E-state index contributed by atoms with van der Waals surface area (Å²) in [6.07, 6.45) is 7.75. The fourth-order valence-corrected chi connectivity index (χ4v) is 4.02. The van der Waals surface area contributed by atoms with Crippen LogP contribution in [0.4, 0.5) is 11.4 Å². The molecular weight excluding hydrogens is 386 g/mol. The van der Waals surface area contributed by atoms with Crippen molar-refractivity contribution in [1.29, 1.82) is 0 Å². The van der Waals surface area contributed by atoms with E-state index in [0.29, 0.717) is 24.7 Å². The fraction of sp³-hybridized carbons (Fsp3) is 0.115. The van der Waals surface area contributed by atoms with E-state index in [0.717, 1.165) is 38.8 Å². The van der Waals surface area contributed by atoms with Gasteiger partial charge in [0, 0.05) is 41.0 Å². The predicted molar refractivity (Wildman–Crippen MR) is 125 cm³/mol. The molecule has 2 heterocycles. The first kappa shape index (κ1) is 19.0. The quantitative estimate of drug-likeness (QED) is 0.448. The Morgan fingerprint density at radius 2 is 1.90 bits per heavy atom. The van der Waals surface area contributed by atoms with Crippen LogP contribution in [-0.4, -0.2) is 12.1 Å². The zero-order chi connectivity index (χ0) is 21.2. The highest BCUT2D eigenvalue weighted by Crippen LogP contribution is 2.42. The molecule has 1 aromatic heterocycles. The molecule has 0 saturated heterocycles. The number of nitrogens with two attached hydrogens (primary N) is 1. The molecule has 0 amide bonds. The Morgan fingerprint density at radius 3 is 2.68 bits per heavy atom. The van der Waals surface area contributed by atoms with Gasteiger partial charge >= 0.3 is 0 Å². The highest BCUT2D eigenvalue weighted by molar-refractivity contribution is 6.03. The van der Waals surface area contributed by atoms with Crippen LogP contribution in [0.5, 0.6) is 11.5 Å². The SMILES string of the molecule is COc1c(OCc2ccccc2)ccc2c(N)c3c(cc12)CN(c1cccnc1)C=C3. The molecule has 1 aliphatic rings. The Hall–Kier alpha value is -3.99. The minimum Gasteiger partial charge on any atom is -0.492 e. The molecule has 5 nitrogen and oxygen atoms in total. The molecule has 1 aliphatic heterocycles. The molecule has 0 aliphatic carbocycles. The lowest BCUT2D eigenvalue weighted by Crippen LogP contribution is -2.19. The smallest absolute Gasteiger partial charge is 0.168 e. The zero-order valence-electron chi connectivity index (χ0n) is 17.3. The molecule has 2 N–H and O–H groups in total. The highest BCUT2D eigenvalue weighted by Gasteiger charge is 2.20. The average molecular weight is 409 g/mol. The van der Waals surface area contributed by atoms with Crippen molar-refractivity contribution in [3.8, 4) is 11.5 Å². The van der Waals surface area contributed by atoms with E-state index in [2.05, 4.69) is 28.2 Å². The molecule has 0 fully saturated rings. The number of nitrogen functional groups attached to an aromatic ring is 1. The first-order chi connectivity index (χ1) is 15.2. The van der Waals surface area contributed by atoms with E-state index in [1.54, 1.807) is 13.3 Å². The van der Waals surface area contributed by atoms with Crippen LogP contribution in [0.15, 0.2) is 79.3 Å². The molecule has 0 bridgehead atoms. The van der Waals surface area contributed by atoms with Crippen LogP contribution in [0.1, 0.15) is 16.7 Å². The van der Waals surface area contributed by atoms with Crippen LogP contribution in [-0.2, 0) is 13.2 Å². The number of anilines is 2. The maximum Gasteiger partial charge on any atom is 0.168 e. The summed E-state index contributed by atoms with van der Waals surface area (Å²) in [4.78, 5) is 6.39. The third-order valence-electron chi connectivity index (χ3n) is 5.59. The molecule has 31 heavy (non-hydrogen) atoms. The van der Waals surface area contributed by atoms with Crippen LogP contribution in [0, 0.1) is 0 Å². The second-order valence-corrected chi connectivity index (χ2v) is 7.48. The van der Waals surface area contributed by atoms with Gasteiger partial charge < -0.3 is 20.1 Å². The summed E-state index contributed by atoms with van der Waals surface area (Å²) in [7, 11) is 1.67. The summed E-state index contributed by atoms with van der Waals surface area (Å²) < 4.78 is 11.9. The van der Waals surface area contributed by atoms with Gasteiger partial charge in [-0.15, -0.1) is 0 Å². The summed E-state index contributed by atoms with van der Waals surface area (Å²) in [5, 5.41) is 1.91. The molecule has 0 spiro atoms. The Morgan fingerprint density at radius 1 is 1.03 bits per heavy atom. The van der Waals surface area contributed by atoms with Crippen molar-refractivity contribution in [2.24, 2.45) is 0 Å². The second kappa shape index (κ2) is 8.03. The lowest BCUT2D eigenvalue weighted by atomic mass is 9.95. The monoisotopic (exact) mass is 409 g/mol. The number of methoxy groups -OCH3 is 1. The number of rotatable bonds is 5. The van der Waals surface area contributed by atoms with E-state index in [4.69, 9.17) is 15.2 Å². The van der Waals surface area contributed by atoms with Crippen LogP contribution in [0.25, 0.3) is 16.8 Å². The third-order valence-corrected chi connectivity index (χ3v) is 5.59. The van der Waals surface area contributed by atoms with Crippen molar-refractivity contribution in [2.45, 2.75) is 13.2 Å². The van der Waals surface area contributed by atoms with E-state index < -0.39 is 0 Å². The van der Waals surface area contributed by atoms with E-state index in [-0.39, 0.29) is 0 Å². The number of ether oxygens (including phenoxy) is 2. The molecule has 0 unspecified atom stereocenters. The molecule has 154 valence electrons. The van der Waals surface area contributed by atoms with Gasteiger partial charge in [-0.3, -0.25) is 4.98 Å². The van der Waals surface area contributed by atoms with Gasteiger partial charge in [-0.2, -0.15) is 0 Å². The average Bonchev–Trinajstić information content (AvgIpc) is 2.83. The van der Waals surface area contributed by atoms with Crippen molar-refractivity contribution < 1.29 is 9.47 Å². The highest BCUT2D eigenvalue weighted by atomic mass is 16.5. The number of pyridine rings is 1. The molecule has 3 aromatic carbocycles. The normalized spacial score (nSPS) is 12.6. The topological polar surface area (TPSA) is 60.6 Å². The van der Waals surface area contributed by atoms with E-state index in [9.17, 15) is 0 Å². The number of hydrogen-bond donors (Lipinski definition) is 1. The van der Waals surface area contributed by atoms with Crippen molar-refractivity contribution in [3.05, 3.63) is 95.9 Å². The minimum absolute atomic E-state index is 0.473. The number of hydrogen-bond acceptors (Lipinski definition) is 5. The van der Waals surface area contributed by atoms with Gasteiger partial charge in [0.25, 0.3) is 0 Å². The molecule has 4 aromatic rings. The fourth-order valence-electron chi connectivity index (χ4n) is 4.02. The number of aromatic nitrogens is 1. The number of benzene rings is 3. The van der Waals surface area contributed by atoms with Crippen LogP contribution in [0.2, 0.25) is 0 Å². The largest absolute Gasteiger partial charge is 0.492 e. The molecule has 0 atom stereocenters. The molecule has 0 saturated carbocycles. The van der Waals surface area contributed by atoms with Gasteiger partial charge in [-0.1, -0.05) is 30.3 Å². The van der Waals surface area contributed by atoms with Gasteiger partial charge in [-0.05, 0) is 47.5 Å². The Bertz CT molecular complexity index is 1250. The maximum absolute atomic E-state index is 6.58. The lowest BCUT2D eigenvalue weighted by molar-refractivity contribution is 0.286. The molecule has 5 rings (SSSR count). The van der Waals surface area contributed by atoms with Crippen molar-refractivity contribution >= 4 is 28.2 Å². The lowest BCUT2D eigenvalue weighted by Gasteiger charge is -2.27. The summed E-state index contributed by atoms with van der Waals surface area (Å²) in [5.74, 6) is 1.40. The summed E-state index contributed by atoms with van der Waals surface area (Å²) in [5.41, 5.74) is 11.7. The van der Waals surface area contributed by atoms with Crippen LogP contribution in [0.3, 0.4) is 0 Å². The van der Waals surface area contributed by atoms with Crippen LogP contribution >= 0.6 is 0 Å². The van der Waals surface area contributed by atoms with Crippen molar-refractivity contribution in [2.75, 3.05) is 17.7 Å². The Labute approximate surface area is 181 Å². The van der Waals surface area contributed by atoms with Gasteiger partial charge in [0.05, 0.1) is 19.0 Å². The van der Waals surface area contributed by atoms with Gasteiger partial charge in [0.15, 0.2) is 11.5 Å². The van der Waals surface area contributed by atoms with E-state index >= 15 is 0 Å². The first-order valence-corrected chi connectivity index (χ1v) is 10.2. The van der Waals surface area contributed by atoms with E-state index in [1.807, 2.05) is 60.8 Å². The maximum atomic E-state index is 6.58. The standard InChI is InChI=1S/C26H23N3O2/c1-30-26-23-14-19-16-29(20-8-5-12-28-15-20)13-11-21(19)25(27)22(23)9-10-24(26)31-17-18-6-3-2-4-7-18/h2-15H,16-17,27H2,1H3. The summed E-state index contributed by atoms with van der Waals surface area (Å²) >= 11 is 0. The summed E-state index contributed by atoms with van der Waals surface area (Å²) in [6.45, 7) is 1.18. The second-order valence-electron chi connectivity index (χ2n) is 7.48. The van der Waals surface area contributed by atoms with Gasteiger partial charge in [-0.25, -0.2) is 0 Å². The minimum atomic E-state index is 0.473. The molecular formula is C26H23N3O2.